The highest BCUT2D eigenvalue weighted by Crippen LogP contribution is 2.22. The fraction of sp³-hybridized carbons (Fsp3) is 0.391. The Morgan fingerprint density at radius 2 is 1.93 bits per heavy atom. The van der Waals surface area contributed by atoms with Gasteiger partial charge in [0.15, 0.2) is 0 Å². The number of benzene rings is 1. The van der Waals surface area contributed by atoms with Gasteiger partial charge in [-0.25, -0.2) is 0 Å². The van der Waals surface area contributed by atoms with Crippen LogP contribution in [0.15, 0.2) is 48.8 Å². The van der Waals surface area contributed by atoms with Crippen molar-refractivity contribution >= 4 is 22.6 Å². The van der Waals surface area contributed by atoms with Crippen molar-refractivity contribution in [1.82, 2.24) is 24.6 Å². The Morgan fingerprint density at radius 3 is 2.77 bits per heavy atom. The smallest absolute Gasteiger partial charge is 0.273 e. The second-order valence-electron chi connectivity index (χ2n) is 7.71. The summed E-state index contributed by atoms with van der Waals surface area (Å²) in [6, 6.07) is 11.6. The lowest BCUT2D eigenvalue weighted by molar-refractivity contribution is 0.0704. The van der Waals surface area contributed by atoms with Gasteiger partial charge in [0.1, 0.15) is 11.4 Å². The third-order valence-corrected chi connectivity index (χ3v) is 5.96. The molecule has 0 N–H and O–H groups in total. The zero-order valence-electron chi connectivity index (χ0n) is 17.5. The average Bonchev–Trinajstić information content (AvgIpc) is 3.13. The number of aromatic nitrogens is 3. The summed E-state index contributed by atoms with van der Waals surface area (Å²) in [5, 5.41) is 6.09. The molecule has 1 saturated heterocycles. The highest BCUT2D eigenvalue weighted by Gasteiger charge is 2.28. The van der Waals surface area contributed by atoms with Crippen molar-refractivity contribution in [3.05, 3.63) is 60.2 Å². The maximum atomic E-state index is 13.2. The Morgan fingerprint density at radius 1 is 1.10 bits per heavy atom. The summed E-state index contributed by atoms with van der Waals surface area (Å²) in [6.45, 7) is 3.96. The molecule has 0 radical (unpaired) electrons. The van der Waals surface area contributed by atoms with Gasteiger partial charge in [-0.3, -0.25) is 19.3 Å². The number of rotatable bonds is 4. The van der Waals surface area contributed by atoms with Crippen molar-refractivity contribution in [2.75, 3.05) is 20.1 Å². The molecule has 1 aliphatic rings. The van der Waals surface area contributed by atoms with Crippen LogP contribution >= 0.6 is 0 Å². The number of fused-ring (bicyclic) bond motifs is 1. The van der Waals surface area contributed by atoms with Crippen molar-refractivity contribution in [3.63, 3.8) is 0 Å². The maximum absolute atomic E-state index is 13.2. The van der Waals surface area contributed by atoms with Crippen LogP contribution in [0.2, 0.25) is 0 Å². The monoisotopic (exact) mass is 405 g/mol. The average molecular weight is 406 g/mol. The van der Waals surface area contributed by atoms with Crippen LogP contribution in [-0.4, -0.2) is 62.6 Å². The number of carbonyl (C=O) groups excluding carboxylic acids is 2. The van der Waals surface area contributed by atoms with Crippen molar-refractivity contribution in [3.8, 4) is 0 Å². The molecule has 0 spiro atoms. The fourth-order valence-corrected chi connectivity index (χ4v) is 4.22. The van der Waals surface area contributed by atoms with Crippen LogP contribution in [0.25, 0.3) is 10.8 Å². The van der Waals surface area contributed by atoms with E-state index in [0.29, 0.717) is 31.0 Å². The van der Waals surface area contributed by atoms with Crippen LogP contribution in [0.4, 0.5) is 0 Å². The standard InChI is InChI=1S/C23H27N5O2/c1-3-28-20(11-14-25-28)22(29)27-15-6-8-18(12-16-27)26(2)23(30)21-19-9-5-4-7-17(19)10-13-24-21/h4-5,7,9-11,13-14,18H,3,6,8,12,15-16H2,1-2H3/t18-/m1/s1. The lowest BCUT2D eigenvalue weighted by atomic mass is 10.1. The molecule has 0 saturated carbocycles. The Labute approximate surface area is 176 Å². The summed E-state index contributed by atoms with van der Waals surface area (Å²) in [7, 11) is 1.85. The Hall–Kier alpha value is -3.22. The molecule has 0 unspecified atom stereocenters. The molecule has 1 fully saturated rings. The van der Waals surface area contributed by atoms with E-state index in [1.807, 2.05) is 49.2 Å². The van der Waals surface area contributed by atoms with Crippen molar-refractivity contribution in [2.45, 2.75) is 38.8 Å². The van der Waals surface area contributed by atoms with E-state index >= 15 is 0 Å². The summed E-state index contributed by atoms with van der Waals surface area (Å²) in [5.74, 6) is -0.0552. The number of amides is 2. The van der Waals surface area contributed by atoms with Crippen LogP contribution in [0, 0.1) is 0 Å². The normalized spacial score (nSPS) is 17.0. The van der Waals surface area contributed by atoms with Gasteiger partial charge in [0, 0.05) is 50.5 Å². The van der Waals surface area contributed by atoms with Gasteiger partial charge in [0.2, 0.25) is 0 Å². The van der Waals surface area contributed by atoms with E-state index in [2.05, 4.69) is 10.1 Å². The number of aryl methyl sites for hydroxylation is 1. The third kappa shape index (κ3) is 3.79. The predicted octanol–water partition coefficient (Wildman–Crippen LogP) is 3.22. The number of hydrogen-bond acceptors (Lipinski definition) is 4. The number of likely N-dealkylation sites (tertiary alicyclic amines) is 1. The summed E-state index contributed by atoms with van der Waals surface area (Å²) in [6.07, 6.45) is 5.83. The first-order valence-corrected chi connectivity index (χ1v) is 10.5. The molecule has 7 nitrogen and oxygen atoms in total. The minimum absolute atomic E-state index is 0.0136. The van der Waals surface area contributed by atoms with E-state index < -0.39 is 0 Å². The first-order valence-electron chi connectivity index (χ1n) is 10.5. The Bertz CT molecular complexity index is 1060. The molecule has 2 aromatic heterocycles. The SMILES string of the molecule is CCn1nccc1C(=O)N1CCC[C@@H](N(C)C(=O)c2nccc3ccccc23)CC1. The molecule has 30 heavy (non-hydrogen) atoms. The summed E-state index contributed by atoms with van der Waals surface area (Å²) >= 11 is 0. The fourth-order valence-electron chi connectivity index (χ4n) is 4.22. The molecule has 156 valence electrons. The molecule has 0 bridgehead atoms. The quantitative estimate of drug-likeness (QED) is 0.668. The summed E-state index contributed by atoms with van der Waals surface area (Å²) in [5.41, 5.74) is 1.11. The van der Waals surface area contributed by atoms with Gasteiger partial charge < -0.3 is 9.80 Å². The highest BCUT2D eigenvalue weighted by molar-refractivity contribution is 6.05. The van der Waals surface area contributed by atoms with E-state index in [9.17, 15) is 9.59 Å². The van der Waals surface area contributed by atoms with Gasteiger partial charge in [0.25, 0.3) is 11.8 Å². The maximum Gasteiger partial charge on any atom is 0.273 e. The first kappa shape index (κ1) is 20.1. The molecule has 1 aliphatic heterocycles. The van der Waals surface area contributed by atoms with Gasteiger partial charge in [-0.15, -0.1) is 0 Å². The number of nitrogens with zero attached hydrogens (tertiary/aromatic N) is 5. The van der Waals surface area contributed by atoms with Gasteiger partial charge in [-0.2, -0.15) is 5.10 Å². The second kappa shape index (κ2) is 8.65. The van der Waals surface area contributed by atoms with Crippen molar-refractivity contribution in [2.24, 2.45) is 0 Å². The van der Waals surface area contributed by atoms with Crippen molar-refractivity contribution in [1.29, 1.82) is 0 Å². The molecule has 4 rings (SSSR count). The second-order valence-corrected chi connectivity index (χ2v) is 7.71. The van der Waals surface area contributed by atoms with Crippen LogP contribution in [0.3, 0.4) is 0 Å². The van der Waals surface area contributed by atoms with E-state index in [1.54, 1.807) is 28.0 Å². The summed E-state index contributed by atoms with van der Waals surface area (Å²) in [4.78, 5) is 34.2. The van der Waals surface area contributed by atoms with Crippen LogP contribution in [-0.2, 0) is 6.54 Å². The molecule has 3 heterocycles. The molecular formula is C23H27N5O2. The number of pyridine rings is 1. The molecular weight excluding hydrogens is 378 g/mol. The zero-order valence-corrected chi connectivity index (χ0v) is 17.5. The van der Waals surface area contributed by atoms with E-state index in [0.717, 1.165) is 30.0 Å². The van der Waals surface area contributed by atoms with Crippen molar-refractivity contribution < 1.29 is 9.59 Å². The van der Waals surface area contributed by atoms with Crippen LogP contribution < -0.4 is 0 Å². The predicted molar refractivity (Wildman–Crippen MR) is 115 cm³/mol. The Balaban J connectivity index is 1.47. The molecule has 1 aromatic carbocycles. The lowest BCUT2D eigenvalue weighted by Crippen LogP contribution is -2.39. The zero-order chi connectivity index (χ0) is 21.1. The Kier molecular flexibility index (Phi) is 5.79. The highest BCUT2D eigenvalue weighted by atomic mass is 16.2. The van der Waals surface area contributed by atoms with E-state index in [4.69, 9.17) is 0 Å². The van der Waals surface area contributed by atoms with Crippen LogP contribution in [0.1, 0.15) is 47.2 Å². The lowest BCUT2D eigenvalue weighted by Gasteiger charge is -2.27. The number of hydrogen-bond donors (Lipinski definition) is 0. The van der Waals surface area contributed by atoms with Gasteiger partial charge in [-0.05, 0) is 43.7 Å². The topological polar surface area (TPSA) is 71.3 Å². The molecule has 2 amide bonds. The number of carbonyl (C=O) groups is 2. The van der Waals surface area contributed by atoms with Gasteiger partial charge in [0.05, 0.1) is 0 Å². The van der Waals surface area contributed by atoms with E-state index in [-0.39, 0.29) is 17.9 Å². The third-order valence-electron chi connectivity index (χ3n) is 5.96. The molecule has 7 heteroatoms. The largest absolute Gasteiger partial charge is 0.337 e. The van der Waals surface area contributed by atoms with Crippen LogP contribution in [0.5, 0.6) is 0 Å². The first-order chi connectivity index (χ1) is 14.6. The van der Waals surface area contributed by atoms with Gasteiger partial charge >= 0.3 is 0 Å². The minimum atomic E-state index is -0.0689. The van der Waals surface area contributed by atoms with E-state index in [1.165, 1.54) is 0 Å². The molecule has 1 atom stereocenters. The summed E-state index contributed by atoms with van der Waals surface area (Å²) < 4.78 is 1.73. The van der Waals surface area contributed by atoms with Gasteiger partial charge in [-0.1, -0.05) is 24.3 Å². The minimum Gasteiger partial charge on any atom is -0.337 e. The molecule has 3 aromatic rings. The molecule has 0 aliphatic carbocycles.